The second-order valence-corrected chi connectivity index (χ2v) is 4.76. The highest BCUT2D eigenvalue weighted by atomic mass is 15.2. The molecule has 0 aliphatic carbocycles. The summed E-state index contributed by atoms with van der Waals surface area (Å²) < 4.78 is 0. The Morgan fingerprint density at radius 2 is 2.20 bits per heavy atom. The number of amidine groups is 1. The summed E-state index contributed by atoms with van der Waals surface area (Å²) in [4.78, 5) is 2.54. The summed E-state index contributed by atoms with van der Waals surface area (Å²) in [5.74, 6) is 0.534. The molecule has 0 bridgehead atoms. The van der Waals surface area contributed by atoms with Crippen LogP contribution < -0.4 is 5.73 Å². The van der Waals surface area contributed by atoms with Crippen LogP contribution in [0, 0.1) is 11.3 Å². The van der Waals surface area contributed by atoms with E-state index in [1.807, 2.05) is 0 Å². The van der Waals surface area contributed by atoms with E-state index in [1.54, 1.807) is 0 Å². The van der Waals surface area contributed by atoms with E-state index in [9.17, 15) is 0 Å². The molecule has 3 heteroatoms. The van der Waals surface area contributed by atoms with Gasteiger partial charge in [-0.15, -0.1) is 0 Å². The number of nitrogens with zero attached hydrogens (tertiary/aromatic N) is 1. The zero-order chi connectivity index (χ0) is 11.3. The van der Waals surface area contributed by atoms with Gasteiger partial charge in [0.25, 0.3) is 0 Å². The minimum Gasteiger partial charge on any atom is -0.387 e. The van der Waals surface area contributed by atoms with Crippen LogP contribution in [0.2, 0.25) is 0 Å². The molecule has 0 saturated carbocycles. The molecule has 88 valence electrons. The van der Waals surface area contributed by atoms with Gasteiger partial charge in [-0.1, -0.05) is 26.7 Å². The smallest absolute Gasteiger partial charge is 0.0947 e. The highest BCUT2D eigenvalue weighted by molar-refractivity contribution is 5.79. The van der Waals surface area contributed by atoms with E-state index >= 15 is 0 Å². The Labute approximate surface area is 93.5 Å². The lowest BCUT2D eigenvalue weighted by Gasteiger charge is -2.31. The van der Waals surface area contributed by atoms with Crippen molar-refractivity contribution in [2.24, 2.45) is 11.7 Å². The molecule has 1 rings (SSSR count). The van der Waals surface area contributed by atoms with Crippen LogP contribution in [0.5, 0.6) is 0 Å². The number of likely N-dealkylation sites (tertiary alicyclic amines) is 1. The van der Waals surface area contributed by atoms with Gasteiger partial charge >= 0.3 is 0 Å². The molecule has 0 spiro atoms. The number of hydrogen-bond acceptors (Lipinski definition) is 2. The van der Waals surface area contributed by atoms with Crippen LogP contribution in [0.15, 0.2) is 0 Å². The van der Waals surface area contributed by atoms with E-state index in [0.29, 0.717) is 11.9 Å². The molecular formula is C12H25N3. The van der Waals surface area contributed by atoms with Crippen LogP contribution in [0.3, 0.4) is 0 Å². The molecule has 1 saturated heterocycles. The largest absolute Gasteiger partial charge is 0.387 e. The number of rotatable bonds is 4. The van der Waals surface area contributed by atoms with Gasteiger partial charge in [0.1, 0.15) is 0 Å². The number of nitrogens with two attached hydrogens (primary N) is 1. The summed E-state index contributed by atoms with van der Waals surface area (Å²) in [6.07, 6.45) is 6.58. The van der Waals surface area contributed by atoms with Crippen LogP contribution in [0.4, 0.5) is 0 Å². The normalized spacial score (nSPS) is 25.9. The van der Waals surface area contributed by atoms with E-state index in [4.69, 9.17) is 11.1 Å². The summed E-state index contributed by atoms with van der Waals surface area (Å²) in [7, 11) is 0. The van der Waals surface area contributed by atoms with Gasteiger partial charge in [-0.25, -0.2) is 0 Å². The van der Waals surface area contributed by atoms with Crippen LogP contribution in [0.1, 0.15) is 46.0 Å². The minimum atomic E-state index is 0.206. The number of hydrogen-bond donors (Lipinski definition) is 2. The average molecular weight is 211 g/mol. The fraction of sp³-hybridized carbons (Fsp3) is 0.917. The Hall–Kier alpha value is -0.570. The minimum absolute atomic E-state index is 0.206. The predicted octanol–water partition coefficient (Wildman–Crippen LogP) is 2.21. The summed E-state index contributed by atoms with van der Waals surface area (Å²) in [5.41, 5.74) is 5.54. The summed E-state index contributed by atoms with van der Waals surface area (Å²) in [6.45, 7) is 6.48. The fourth-order valence-corrected chi connectivity index (χ4v) is 2.39. The maximum Gasteiger partial charge on any atom is 0.0947 e. The van der Waals surface area contributed by atoms with Crippen LogP contribution in [-0.2, 0) is 0 Å². The predicted molar refractivity (Wildman–Crippen MR) is 65.2 cm³/mol. The quantitative estimate of drug-likeness (QED) is 0.553. The summed E-state index contributed by atoms with van der Waals surface area (Å²) in [5, 5.41) is 7.45. The Balaban J connectivity index is 2.51. The highest BCUT2D eigenvalue weighted by Gasteiger charge is 2.21. The fourth-order valence-electron chi connectivity index (χ4n) is 2.39. The van der Waals surface area contributed by atoms with E-state index in [2.05, 4.69) is 18.7 Å². The lowest BCUT2D eigenvalue weighted by Crippen LogP contribution is -2.40. The molecule has 0 radical (unpaired) electrons. The summed E-state index contributed by atoms with van der Waals surface area (Å²) >= 11 is 0. The molecule has 1 aliphatic heterocycles. The Morgan fingerprint density at radius 1 is 1.47 bits per heavy atom. The maximum absolute atomic E-state index is 7.45. The number of nitrogens with one attached hydrogen (secondary N) is 1. The van der Waals surface area contributed by atoms with E-state index in [0.717, 1.165) is 6.54 Å². The molecule has 0 amide bonds. The van der Waals surface area contributed by atoms with Gasteiger partial charge in [-0.2, -0.15) is 0 Å². The molecule has 1 heterocycles. The zero-order valence-electron chi connectivity index (χ0n) is 10.1. The molecule has 3 N–H and O–H groups in total. The first kappa shape index (κ1) is 12.5. The lowest BCUT2D eigenvalue weighted by molar-refractivity contribution is 0.183. The second kappa shape index (κ2) is 6.11. The Bertz CT molecular complexity index is 203. The van der Waals surface area contributed by atoms with Crippen molar-refractivity contribution in [1.82, 2.24) is 4.90 Å². The van der Waals surface area contributed by atoms with E-state index in [-0.39, 0.29) is 5.92 Å². The SMILES string of the molecule is CCC1CCCCCN1CC(C)C(=N)N. The monoisotopic (exact) mass is 211 g/mol. The third-order valence-electron chi connectivity index (χ3n) is 3.51. The molecule has 2 unspecified atom stereocenters. The maximum atomic E-state index is 7.45. The van der Waals surface area contributed by atoms with Gasteiger partial charge in [-0.05, 0) is 25.8 Å². The highest BCUT2D eigenvalue weighted by Crippen LogP contribution is 2.20. The van der Waals surface area contributed by atoms with Gasteiger partial charge in [0.05, 0.1) is 5.84 Å². The first-order valence-electron chi connectivity index (χ1n) is 6.23. The molecule has 1 fully saturated rings. The topological polar surface area (TPSA) is 53.1 Å². The van der Waals surface area contributed by atoms with Crippen LogP contribution in [-0.4, -0.2) is 29.9 Å². The van der Waals surface area contributed by atoms with Crippen LogP contribution >= 0.6 is 0 Å². The average Bonchev–Trinajstić information content (AvgIpc) is 2.42. The van der Waals surface area contributed by atoms with Gasteiger partial charge in [-0.3, -0.25) is 10.3 Å². The third-order valence-corrected chi connectivity index (χ3v) is 3.51. The van der Waals surface area contributed by atoms with E-state index < -0.39 is 0 Å². The second-order valence-electron chi connectivity index (χ2n) is 4.76. The van der Waals surface area contributed by atoms with Crippen molar-refractivity contribution in [2.75, 3.05) is 13.1 Å². The van der Waals surface area contributed by atoms with Crippen molar-refractivity contribution in [3.8, 4) is 0 Å². The molecule has 0 aromatic rings. The molecule has 0 aromatic heterocycles. The molecule has 0 aromatic carbocycles. The van der Waals surface area contributed by atoms with Crippen LogP contribution in [0.25, 0.3) is 0 Å². The zero-order valence-corrected chi connectivity index (χ0v) is 10.1. The van der Waals surface area contributed by atoms with Gasteiger partial charge < -0.3 is 5.73 Å². The lowest BCUT2D eigenvalue weighted by atomic mass is 10.1. The molecule has 2 atom stereocenters. The Morgan fingerprint density at radius 3 is 2.80 bits per heavy atom. The van der Waals surface area contributed by atoms with Crippen molar-refractivity contribution in [3.63, 3.8) is 0 Å². The first-order chi connectivity index (χ1) is 7.15. The van der Waals surface area contributed by atoms with Crippen molar-refractivity contribution < 1.29 is 0 Å². The molecule has 15 heavy (non-hydrogen) atoms. The van der Waals surface area contributed by atoms with Gasteiger partial charge in [0, 0.05) is 18.5 Å². The molecule has 3 nitrogen and oxygen atoms in total. The van der Waals surface area contributed by atoms with Crippen molar-refractivity contribution in [1.29, 1.82) is 5.41 Å². The van der Waals surface area contributed by atoms with Crippen molar-refractivity contribution in [3.05, 3.63) is 0 Å². The van der Waals surface area contributed by atoms with E-state index in [1.165, 1.54) is 38.6 Å². The molecular weight excluding hydrogens is 186 g/mol. The van der Waals surface area contributed by atoms with Gasteiger partial charge in [0.15, 0.2) is 0 Å². The summed E-state index contributed by atoms with van der Waals surface area (Å²) in [6, 6.07) is 0.717. The van der Waals surface area contributed by atoms with Crippen molar-refractivity contribution >= 4 is 5.84 Å². The Kier molecular flexibility index (Phi) is 5.09. The first-order valence-corrected chi connectivity index (χ1v) is 6.23. The standard InChI is InChI=1S/C12H25N3/c1-3-11-7-5-4-6-8-15(11)9-10(2)12(13)14/h10-11H,3-9H2,1-2H3,(H3,13,14). The third kappa shape index (κ3) is 3.82. The van der Waals surface area contributed by atoms with Gasteiger partial charge in [0.2, 0.25) is 0 Å². The van der Waals surface area contributed by atoms with Crippen molar-refractivity contribution in [2.45, 2.75) is 52.0 Å². The molecule has 1 aliphatic rings.